The number of benzene rings is 3. The van der Waals surface area contributed by atoms with E-state index in [0.29, 0.717) is 5.56 Å². The Balaban J connectivity index is 1.62. The molecular formula is C29H31F3N4O7S. The number of carbonyl (C=O) groups excluding carboxylic acids is 2. The number of fused-ring (bicyclic) bond motifs is 2. The maximum atomic E-state index is 13.0. The number of nitrogens with one attached hydrogen (secondary N) is 2. The standard InChI is InChI=1S/C29H31F3N4O7S/c1-19-24-16-22(10-13-26(24)43-23-11-8-21(9-12-23)29(30,31)32)36(44(2,40)41)17-25(27(37)34-39)35(19)15-14-33-28(38)42-18-20-6-4-3-5-7-20/h3-13,16,19,25,39H,14-15,17-18H2,1-2H3,(H,33,38)(H,34,37)/t19?,25-/m0/s1. The second kappa shape index (κ2) is 13.5. The summed E-state index contributed by atoms with van der Waals surface area (Å²) in [4.78, 5) is 26.8. The molecule has 0 aromatic heterocycles. The average Bonchev–Trinajstić information content (AvgIpc) is 2.98. The van der Waals surface area contributed by atoms with Gasteiger partial charge in [0.25, 0.3) is 5.91 Å². The van der Waals surface area contributed by atoms with E-state index in [-0.39, 0.29) is 43.4 Å². The van der Waals surface area contributed by atoms with Crippen LogP contribution in [0.2, 0.25) is 0 Å². The van der Waals surface area contributed by atoms with Gasteiger partial charge in [-0.05, 0) is 55.0 Å². The maximum absolute atomic E-state index is 13.0. The lowest BCUT2D eigenvalue weighted by Crippen LogP contribution is -2.56. The highest BCUT2D eigenvalue weighted by Crippen LogP contribution is 2.39. The zero-order chi connectivity index (χ0) is 32.1. The Morgan fingerprint density at radius 3 is 2.34 bits per heavy atom. The van der Waals surface area contributed by atoms with Gasteiger partial charge in [0.2, 0.25) is 10.0 Å². The number of ether oxygens (including phenoxy) is 2. The Morgan fingerprint density at radius 1 is 1.05 bits per heavy atom. The summed E-state index contributed by atoms with van der Waals surface area (Å²) in [5.41, 5.74) is 2.13. The monoisotopic (exact) mass is 636 g/mol. The van der Waals surface area contributed by atoms with E-state index in [4.69, 9.17) is 9.47 Å². The number of sulfonamides is 1. The van der Waals surface area contributed by atoms with Crippen LogP contribution in [0, 0.1) is 0 Å². The SMILES string of the molecule is CC1c2cc(ccc2Oc2ccc(C(F)(F)F)cc2)N(S(C)(=O)=O)C[C@@H](C(=O)NO)N1CCNC(=O)OCc1ccccc1. The molecule has 1 heterocycles. The van der Waals surface area contributed by atoms with Gasteiger partial charge < -0.3 is 14.8 Å². The number of nitrogens with zero attached hydrogens (tertiary/aromatic N) is 2. The fourth-order valence-corrected chi connectivity index (χ4v) is 5.72. The van der Waals surface area contributed by atoms with Gasteiger partial charge in [-0.3, -0.25) is 19.2 Å². The average molecular weight is 637 g/mol. The van der Waals surface area contributed by atoms with Crippen molar-refractivity contribution in [3.63, 3.8) is 0 Å². The number of anilines is 1. The molecule has 1 aliphatic rings. The van der Waals surface area contributed by atoms with Gasteiger partial charge in [-0.15, -0.1) is 0 Å². The maximum Gasteiger partial charge on any atom is 0.416 e. The first-order valence-electron chi connectivity index (χ1n) is 13.4. The van der Waals surface area contributed by atoms with Crippen LogP contribution in [0.15, 0.2) is 72.8 Å². The summed E-state index contributed by atoms with van der Waals surface area (Å²) in [7, 11) is -3.93. The van der Waals surface area contributed by atoms with Crippen molar-refractivity contribution in [3.8, 4) is 11.5 Å². The summed E-state index contributed by atoms with van der Waals surface area (Å²) in [5, 5.41) is 12.1. The lowest BCUT2D eigenvalue weighted by Gasteiger charge is -2.40. The summed E-state index contributed by atoms with van der Waals surface area (Å²) in [6.45, 7) is 1.35. The molecule has 1 unspecified atom stereocenters. The summed E-state index contributed by atoms with van der Waals surface area (Å²) >= 11 is 0. The first-order valence-corrected chi connectivity index (χ1v) is 15.2. The molecular weight excluding hydrogens is 605 g/mol. The van der Waals surface area contributed by atoms with Gasteiger partial charge in [0, 0.05) is 24.7 Å². The first kappa shape index (κ1) is 32.6. The normalized spacial score (nSPS) is 17.3. The molecule has 1 aliphatic heterocycles. The van der Waals surface area contributed by atoms with E-state index in [9.17, 15) is 36.4 Å². The molecule has 2 bridgehead atoms. The molecule has 2 atom stereocenters. The Morgan fingerprint density at radius 2 is 1.73 bits per heavy atom. The van der Waals surface area contributed by atoms with Crippen LogP contribution in [0.25, 0.3) is 0 Å². The minimum absolute atomic E-state index is 0.00123. The van der Waals surface area contributed by atoms with Gasteiger partial charge >= 0.3 is 12.3 Å². The van der Waals surface area contributed by atoms with Gasteiger partial charge in [0.15, 0.2) is 0 Å². The number of rotatable bonds is 9. The number of carbonyl (C=O) groups is 2. The predicted molar refractivity (Wildman–Crippen MR) is 154 cm³/mol. The lowest BCUT2D eigenvalue weighted by atomic mass is 10.00. The molecule has 2 amide bonds. The molecule has 0 saturated carbocycles. The van der Waals surface area contributed by atoms with Gasteiger partial charge in [0.1, 0.15) is 24.1 Å². The van der Waals surface area contributed by atoms with Crippen LogP contribution in [0.3, 0.4) is 0 Å². The second-order valence-corrected chi connectivity index (χ2v) is 11.9. The van der Waals surface area contributed by atoms with Crippen molar-refractivity contribution in [2.45, 2.75) is 31.8 Å². The highest BCUT2D eigenvalue weighted by Gasteiger charge is 2.38. The number of halogens is 3. The van der Waals surface area contributed by atoms with Crippen molar-refractivity contribution in [1.29, 1.82) is 0 Å². The Kier molecular flexibility index (Phi) is 10.0. The zero-order valence-corrected chi connectivity index (χ0v) is 24.6. The topological polar surface area (TPSA) is 138 Å². The van der Waals surface area contributed by atoms with Crippen molar-refractivity contribution in [1.82, 2.24) is 15.7 Å². The fourth-order valence-electron chi connectivity index (χ4n) is 4.81. The van der Waals surface area contributed by atoms with Gasteiger partial charge in [-0.25, -0.2) is 18.7 Å². The highest BCUT2D eigenvalue weighted by molar-refractivity contribution is 7.92. The molecule has 0 radical (unpaired) electrons. The van der Waals surface area contributed by atoms with Crippen LogP contribution in [0.4, 0.5) is 23.7 Å². The molecule has 0 aliphatic carbocycles. The van der Waals surface area contributed by atoms with Crippen molar-refractivity contribution in [2.24, 2.45) is 0 Å². The van der Waals surface area contributed by atoms with E-state index in [1.54, 1.807) is 47.6 Å². The quantitative estimate of drug-likeness (QED) is 0.232. The molecule has 3 aromatic carbocycles. The van der Waals surface area contributed by atoms with Crippen molar-refractivity contribution in [2.75, 3.05) is 30.2 Å². The number of hydrogen-bond donors (Lipinski definition) is 3. The molecule has 236 valence electrons. The second-order valence-electron chi connectivity index (χ2n) is 10.0. The molecule has 0 spiro atoms. The van der Waals surface area contributed by atoms with Crippen LogP contribution in [0.1, 0.15) is 29.7 Å². The summed E-state index contributed by atoms with van der Waals surface area (Å²) < 4.78 is 76.9. The van der Waals surface area contributed by atoms with Crippen LogP contribution in [0.5, 0.6) is 11.5 Å². The molecule has 15 heteroatoms. The summed E-state index contributed by atoms with van der Waals surface area (Å²) in [6.07, 6.45) is -4.29. The van der Waals surface area contributed by atoms with E-state index in [1.807, 2.05) is 6.07 Å². The number of amides is 2. The number of hydrogen-bond acceptors (Lipinski definition) is 8. The Labute approximate surface area is 252 Å². The minimum Gasteiger partial charge on any atom is -0.457 e. The summed E-state index contributed by atoms with van der Waals surface area (Å²) in [5.74, 6) is -0.609. The molecule has 3 aromatic rings. The Hall–Kier alpha value is -4.34. The van der Waals surface area contributed by atoms with E-state index >= 15 is 0 Å². The third-order valence-corrected chi connectivity index (χ3v) is 8.20. The van der Waals surface area contributed by atoms with Crippen LogP contribution in [-0.4, -0.2) is 62.5 Å². The minimum atomic E-state index is -4.53. The summed E-state index contributed by atoms with van der Waals surface area (Å²) in [6, 6.07) is 15.7. The molecule has 44 heavy (non-hydrogen) atoms. The van der Waals surface area contributed by atoms with Crippen LogP contribution < -0.4 is 19.8 Å². The van der Waals surface area contributed by atoms with E-state index in [2.05, 4.69) is 5.32 Å². The van der Waals surface area contributed by atoms with Crippen molar-refractivity contribution < 1.29 is 45.9 Å². The zero-order valence-electron chi connectivity index (χ0n) is 23.7. The third-order valence-electron chi connectivity index (χ3n) is 7.04. The third kappa shape index (κ3) is 7.98. The number of alkyl carbamates (subject to hydrolysis) is 1. The van der Waals surface area contributed by atoms with E-state index in [1.165, 1.54) is 12.1 Å². The molecule has 11 nitrogen and oxygen atoms in total. The number of hydroxylamine groups is 1. The van der Waals surface area contributed by atoms with E-state index in [0.717, 1.165) is 40.4 Å². The largest absolute Gasteiger partial charge is 0.457 e. The van der Waals surface area contributed by atoms with Crippen molar-refractivity contribution in [3.05, 3.63) is 89.5 Å². The Bertz CT molecular complexity index is 1570. The lowest BCUT2D eigenvalue weighted by molar-refractivity contribution is -0.137. The van der Waals surface area contributed by atoms with Gasteiger partial charge in [0.05, 0.1) is 24.1 Å². The van der Waals surface area contributed by atoms with Crippen molar-refractivity contribution >= 4 is 27.7 Å². The van der Waals surface area contributed by atoms with Gasteiger partial charge in [-0.1, -0.05) is 30.3 Å². The molecule has 4 rings (SSSR count). The smallest absolute Gasteiger partial charge is 0.416 e. The number of alkyl halides is 3. The van der Waals surface area contributed by atoms with Crippen LogP contribution in [-0.2, 0) is 32.3 Å². The van der Waals surface area contributed by atoms with E-state index < -0.39 is 45.8 Å². The highest BCUT2D eigenvalue weighted by atomic mass is 32.2. The van der Waals surface area contributed by atoms with Gasteiger partial charge in [-0.2, -0.15) is 13.2 Å². The van der Waals surface area contributed by atoms with Crippen LogP contribution >= 0.6 is 0 Å². The molecule has 0 saturated heterocycles. The molecule has 0 fully saturated rings. The predicted octanol–water partition coefficient (Wildman–Crippen LogP) is 4.44. The first-order chi connectivity index (χ1) is 20.8. The molecule has 3 N–H and O–H groups in total. The fraction of sp³-hybridized carbons (Fsp3) is 0.310.